The number of hydrogen-bond donors (Lipinski definition) is 1. The Balaban J connectivity index is 1.40. The summed E-state index contributed by atoms with van der Waals surface area (Å²) in [6, 6.07) is 3.67. The number of halogens is 3. The fourth-order valence-electron chi connectivity index (χ4n) is 3.93. The Morgan fingerprint density at radius 2 is 1.90 bits per heavy atom. The van der Waals surface area contributed by atoms with Gasteiger partial charge in [-0.2, -0.15) is 13.2 Å². The summed E-state index contributed by atoms with van der Waals surface area (Å²) in [5.41, 5.74) is 0.726. The van der Waals surface area contributed by atoms with Crippen LogP contribution in [0.2, 0.25) is 0 Å². The van der Waals surface area contributed by atoms with E-state index in [4.69, 9.17) is 0 Å². The lowest BCUT2D eigenvalue weighted by atomic mass is 10.0. The summed E-state index contributed by atoms with van der Waals surface area (Å²) in [4.78, 5) is 35.1. The molecule has 1 aliphatic carbocycles. The number of piperazine rings is 1. The summed E-state index contributed by atoms with van der Waals surface area (Å²) < 4.78 is 39.5. The summed E-state index contributed by atoms with van der Waals surface area (Å²) >= 11 is 0. The first-order valence-corrected chi connectivity index (χ1v) is 9.83. The number of H-pyrrole nitrogens is 1. The summed E-state index contributed by atoms with van der Waals surface area (Å²) in [6.07, 6.45) is -2.28. The lowest BCUT2D eigenvalue weighted by Crippen LogP contribution is -2.52. The van der Waals surface area contributed by atoms with Gasteiger partial charge in [-0.15, -0.1) is 0 Å². The number of rotatable bonds is 4. The van der Waals surface area contributed by atoms with Crippen LogP contribution >= 0.6 is 0 Å². The highest BCUT2D eigenvalue weighted by atomic mass is 19.4. The van der Waals surface area contributed by atoms with Crippen molar-refractivity contribution >= 4 is 16.9 Å². The predicted molar refractivity (Wildman–Crippen MR) is 101 cm³/mol. The lowest BCUT2D eigenvalue weighted by Gasteiger charge is -2.37. The van der Waals surface area contributed by atoms with Crippen molar-refractivity contribution in [2.45, 2.75) is 38.9 Å². The molecule has 9 heteroatoms. The predicted octanol–water partition coefficient (Wildman–Crippen LogP) is 2.47. The minimum absolute atomic E-state index is 0.101. The SMILES string of the molecule is CCc1cc2ncc(CN3CCN(C(=O)C4(C(F)(F)F)CC4)CC3)cc2[nH]c1=O. The molecule has 0 spiro atoms. The Morgan fingerprint density at radius 3 is 2.48 bits per heavy atom. The Bertz CT molecular complexity index is 989. The smallest absolute Gasteiger partial charge is 0.339 e. The first-order chi connectivity index (χ1) is 13.7. The molecule has 29 heavy (non-hydrogen) atoms. The van der Waals surface area contributed by atoms with E-state index in [2.05, 4.69) is 14.9 Å². The molecule has 1 saturated heterocycles. The maximum absolute atomic E-state index is 13.2. The van der Waals surface area contributed by atoms with E-state index in [9.17, 15) is 22.8 Å². The molecule has 1 aliphatic heterocycles. The molecule has 1 N–H and O–H groups in total. The molecule has 2 fully saturated rings. The van der Waals surface area contributed by atoms with Gasteiger partial charge >= 0.3 is 6.18 Å². The number of aryl methyl sites for hydroxylation is 1. The third-order valence-corrected chi connectivity index (χ3v) is 5.97. The van der Waals surface area contributed by atoms with Crippen LogP contribution in [0.15, 0.2) is 23.1 Å². The van der Waals surface area contributed by atoms with Gasteiger partial charge < -0.3 is 9.88 Å². The van der Waals surface area contributed by atoms with E-state index in [0.717, 1.165) is 11.1 Å². The van der Waals surface area contributed by atoms with Gasteiger partial charge in [-0.05, 0) is 37.0 Å². The molecule has 3 heterocycles. The van der Waals surface area contributed by atoms with Crippen molar-refractivity contribution in [3.63, 3.8) is 0 Å². The van der Waals surface area contributed by atoms with E-state index in [1.165, 1.54) is 4.90 Å². The minimum Gasteiger partial charge on any atom is -0.339 e. The van der Waals surface area contributed by atoms with Crippen molar-refractivity contribution in [3.8, 4) is 0 Å². The second-order valence-electron chi connectivity index (χ2n) is 7.90. The zero-order valence-electron chi connectivity index (χ0n) is 16.2. The molecule has 0 radical (unpaired) electrons. The van der Waals surface area contributed by atoms with Crippen LogP contribution in [0.5, 0.6) is 0 Å². The molecule has 1 saturated carbocycles. The van der Waals surface area contributed by atoms with Crippen molar-refractivity contribution in [2.75, 3.05) is 26.2 Å². The van der Waals surface area contributed by atoms with Crippen molar-refractivity contribution in [3.05, 3.63) is 39.8 Å². The fourth-order valence-corrected chi connectivity index (χ4v) is 3.93. The standard InChI is InChI=1S/C20H23F3N4O2/c1-2-14-10-15-16(25-17(14)28)9-13(11-24-15)12-26-5-7-27(8-6-26)18(29)19(3-4-19)20(21,22)23/h9-11H,2-8,12H2,1H3,(H,25,28). The fraction of sp³-hybridized carbons (Fsp3) is 0.550. The monoisotopic (exact) mass is 408 g/mol. The lowest BCUT2D eigenvalue weighted by molar-refractivity contribution is -0.199. The van der Waals surface area contributed by atoms with E-state index >= 15 is 0 Å². The molecule has 156 valence electrons. The molecule has 0 atom stereocenters. The van der Waals surface area contributed by atoms with Crippen molar-refractivity contribution in [2.24, 2.45) is 5.41 Å². The second-order valence-corrected chi connectivity index (χ2v) is 7.90. The molecule has 2 aliphatic rings. The van der Waals surface area contributed by atoms with Gasteiger partial charge in [0.25, 0.3) is 5.56 Å². The maximum Gasteiger partial charge on any atom is 0.403 e. The topological polar surface area (TPSA) is 69.3 Å². The average molecular weight is 408 g/mol. The Morgan fingerprint density at radius 1 is 1.21 bits per heavy atom. The van der Waals surface area contributed by atoms with Crippen LogP contribution in [0, 0.1) is 5.41 Å². The van der Waals surface area contributed by atoms with Crippen molar-refractivity contribution in [1.82, 2.24) is 19.8 Å². The van der Waals surface area contributed by atoms with Gasteiger partial charge in [0.05, 0.1) is 11.0 Å². The van der Waals surface area contributed by atoms with Crippen LogP contribution in [0.1, 0.15) is 30.9 Å². The normalized spacial score (nSPS) is 19.5. The first kappa shape index (κ1) is 19.9. The molecule has 6 nitrogen and oxygen atoms in total. The molecule has 0 unspecified atom stereocenters. The van der Waals surface area contributed by atoms with Crippen LogP contribution in [0.3, 0.4) is 0 Å². The molecule has 0 aromatic carbocycles. The number of nitrogens with one attached hydrogen (secondary N) is 1. The number of aromatic nitrogens is 2. The molecule has 1 amide bonds. The maximum atomic E-state index is 13.2. The summed E-state index contributed by atoms with van der Waals surface area (Å²) in [6.45, 7) is 4.05. The number of alkyl halides is 3. The number of carbonyl (C=O) groups excluding carboxylic acids is 1. The minimum atomic E-state index is -4.47. The zero-order valence-corrected chi connectivity index (χ0v) is 16.2. The highest BCUT2D eigenvalue weighted by Gasteiger charge is 2.69. The van der Waals surface area contributed by atoms with Crippen LogP contribution in [0.4, 0.5) is 13.2 Å². The molecule has 2 aromatic rings. The third kappa shape index (κ3) is 3.63. The summed E-state index contributed by atoms with van der Waals surface area (Å²) in [5.74, 6) is -0.777. The summed E-state index contributed by atoms with van der Waals surface area (Å²) in [7, 11) is 0. The molecule has 2 aromatic heterocycles. The average Bonchev–Trinajstić information content (AvgIpc) is 3.49. The Kier molecular flexibility index (Phi) is 4.88. The Hall–Kier alpha value is -2.42. The van der Waals surface area contributed by atoms with Gasteiger partial charge in [-0.1, -0.05) is 6.92 Å². The third-order valence-electron chi connectivity index (χ3n) is 5.97. The van der Waals surface area contributed by atoms with E-state index in [0.29, 0.717) is 37.1 Å². The number of nitrogens with zero attached hydrogens (tertiary/aromatic N) is 3. The second kappa shape index (κ2) is 7.12. The van der Waals surface area contributed by atoms with Gasteiger partial charge in [-0.3, -0.25) is 19.5 Å². The first-order valence-electron chi connectivity index (χ1n) is 9.83. The molecular weight excluding hydrogens is 385 g/mol. The Labute approximate surface area is 165 Å². The molecular formula is C20H23F3N4O2. The van der Waals surface area contributed by atoms with E-state index in [1.807, 2.05) is 13.0 Å². The van der Waals surface area contributed by atoms with Crippen LogP contribution in [-0.2, 0) is 17.8 Å². The quantitative estimate of drug-likeness (QED) is 0.844. The van der Waals surface area contributed by atoms with E-state index in [-0.39, 0.29) is 31.5 Å². The van der Waals surface area contributed by atoms with Crippen molar-refractivity contribution < 1.29 is 18.0 Å². The van der Waals surface area contributed by atoms with Crippen LogP contribution in [0.25, 0.3) is 11.0 Å². The molecule has 4 rings (SSSR count). The highest BCUT2D eigenvalue weighted by Crippen LogP contribution is 2.58. The number of hydrogen-bond acceptors (Lipinski definition) is 4. The number of carbonyl (C=O) groups is 1. The zero-order chi connectivity index (χ0) is 20.8. The number of fused-ring (bicyclic) bond motifs is 1. The molecule has 0 bridgehead atoms. The van der Waals surface area contributed by atoms with Crippen LogP contribution in [-0.4, -0.2) is 58.0 Å². The van der Waals surface area contributed by atoms with Gasteiger partial charge in [-0.25, -0.2) is 0 Å². The number of pyridine rings is 2. The van der Waals surface area contributed by atoms with Gasteiger partial charge in [0.2, 0.25) is 5.91 Å². The van der Waals surface area contributed by atoms with E-state index < -0.39 is 17.5 Å². The highest BCUT2D eigenvalue weighted by molar-refractivity contribution is 5.86. The van der Waals surface area contributed by atoms with Crippen LogP contribution < -0.4 is 5.56 Å². The van der Waals surface area contributed by atoms with Crippen molar-refractivity contribution in [1.29, 1.82) is 0 Å². The van der Waals surface area contributed by atoms with Gasteiger partial charge in [0.1, 0.15) is 5.41 Å². The van der Waals surface area contributed by atoms with Gasteiger partial charge in [0, 0.05) is 44.5 Å². The summed E-state index contributed by atoms with van der Waals surface area (Å²) in [5, 5.41) is 0. The number of amides is 1. The van der Waals surface area contributed by atoms with Gasteiger partial charge in [0.15, 0.2) is 0 Å². The number of aromatic amines is 1. The van der Waals surface area contributed by atoms with E-state index in [1.54, 1.807) is 12.3 Å². The largest absolute Gasteiger partial charge is 0.403 e.